The molecule has 16 heavy (non-hydrogen) atoms. The number of carboxylic acids is 1. The summed E-state index contributed by atoms with van der Waals surface area (Å²) in [5.41, 5.74) is 0.817. The van der Waals surface area contributed by atoms with Crippen molar-refractivity contribution >= 4 is 29.1 Å². The Labute approximate surface area is 103 Å². The number of nitrogens with zero attached hydrogens (tertiary/aromatic N) is 1. The van der Waals surface area contributed by atoms with Gasteiger partial charge in [-0.1, -0.05) is 11.8 Å². The van der Waals surface area contributed by atoms with Gasteiger partial charge in [-0.3, -0.25) is 4.79 Å². The Morgan fingerprint density at radius 1 is 1.50 bits per heavy atom. The van der Waals surface area contributed by atoms with E-state index in [1.807, 2.05) is 6.92 Å². The van der Waals surface area contributed by atoms with E-state index in [0.717, 1.165) is 33.5 Å². The van der Waals surface area contributed by atoms with Gasteiger partial charge in [0.2, 0.25) is 0 Å². The summed E-state index contributed by atoms with van der Waals surface area (Å²) in [4.78, 5) is 15.7. The number of carbonyl (C=O) groups is 1. The summed E-state index contributed by atoms with van der Waals surface area (Å²) in [6.07, 6.45) is 1.81. The number of unbranched alkanes of at least 4 members (excludes halogenated alkanes) is 1. The predicted octanol–water partition coefficient (Wildman–Crippen LogP) is 1.94. The third-order valence-electron chi connectivity index (χ3n) is 1.96. The molecule has 0 unspecified atom stereocenters. The van der Waals surface area contributed by atoms with E-state index in [4.69, 9.17) is 10.2 Å². The molecule has 90 valence electrons. The second kappa shape index (κ2) is 6.88. The van der Waals surface area contributed by atoms with Crippen molar-refractivity contribution in [3.63, 3.8) is 0 Å². The van der Waals surface area contributed by atoms with E-state index in [9.17, 15) is 4.79 Å². The van der Waals surface area contributed by atoms with Gasteiger partial charge >= 0.3 is 5.97 Å². The second-order valence-electron chi connectivity index (χ2n) is 3.34. The maximum absolute atomic E-state index is 10.6. The molecule has 0 aliphatic rings. The lowest BCUT2D eigenvalue weighted by molar-refractivity contribution is -0.136. The Kier molecular flexibility index (Phi) is 5.79. The molecular weight excluding hydrogens is 246 g/mol. The highest BCUT2D eigenvalue weighted by atomic mass is 32.2. The molecule has 1 heterocycles. The molecule has 0 saturated carbocycles. The van der Waals surface area contributed by atoms with Crippen molar-refractivity contribution in [1.29, 1.82) is 0 Å². The van der Waals surface area contributed by atoms with Crippen LogP contribution in [-0.4, -0.2) is 33.5 Å². The fourth-order valence-corrected chi connectivity index (χ4v) is 3.43. The predicted molar refractivity (Wildman–Crippen MR) is 65.2 cm³/mol. The highest BCUT2D eigenvalue weighted by Gasteiger charge is 2.10. The van der Waals surface area contributed by atoms with E-state index in [1.165, 1.54) is 11.3 Å². The number of hydrogen-bond acceptors (Lipinski definition) is 5. The normalized spacial score (nSPS) is 10.6. The van der Waals surface area contributed by atoms with Crippen LogP contribution in [0.1, 0.15) is 23.4 Å². The van der Waals surface area contributed by atoms with Crippen LogP contribution < -0.4 is 0 Å². The lowest BCUT2D eigenvalue weighted by atomic mass is 10.3. The van der Waals surface area contributed by atoms with Crippen molar-refractivity contribution in [1.82, 2.24) is 4.98 Å². The molecule has 0 amide bonds. The standard InChI is InChI=1S/C10H15NO3S2/c1-7-8(6-9(13)14)16-10(11-7)15-5-3-2-4-12/h12H,2-6H2,1H3,(H,13,14). The smallest absolute Gasteiger partial charge is 0.308 e. The van der Waals surface area contributed by atoms with Crippen LogP contribution in [0.3, 0.4) is 0 Å². The molecule has 0 bridgehead atoms. The molecule has 6 heteroatoms. The number of aliphatic hydroxyl groups is 1. The average Bonchev–Trinajstić information content (AvgIpc) is 2.54. The molecule has 4 nitrogen and oxygen atoms in total. The van der Waals surface area contributed by atoms with E-state index in [0.29, 0.717) is 0 Å². The zero-order chi connectivity index (χ0) is 12.0. The van der Waals surface area contributed by atoms with Crippen LogP contribution in [0.15, 0.2) is 4.34 Å². The number of aliphatic carboxylic acids is 1. The van der Waals surface area contributed by atoms with Crippen LogP contribution in [0.25, 0.3) is 0 Å². The van der Waals surface area contributed by atoms with E-state index in [2.05, 4.69) is 4.98 Å². The van der Waals surface area contributed by atoms with Crippen molar-refractivity contribution < 1.29 is 15.0 Å². The van der Waals surface area contributed by atoms with Crippen LogP contribution in [0, 0.1) is 6.92 Å². The van der Waals surface area contributed by atoms with Gasteiger partial charge < -0.3 is 10.2 Å². The first-order valence-corrected chi connectivity index (χ1v) is 6.85. The van der Waals surface area contributed by atoms with Crippen LogP contribution in [-0.2, 0) is 11.2 Å². The van der Waals surface area contributed by atoms with Crippen molar-refractivity contribution in [3.05, 3.63) is 10.6 Å². The van der Waals surface area contributed by atoms with Crippen LogP contribution in [0.2, 0.25) is 0 Å². The van der Waals surface area contributed by atoms with Gasteiger partial charge in [-0.25, -0.2) is 4.98 Å². The van der Waals surface area contributed by atoms with Gasteiger partial charge in [0, 0.05) is 17.2 Å². The number of hydrogen-bond donors (Lipinski definition) is 2. The van der Waals surface area contributed by atoms with E-state index in [-0.39, 0.29) is 13.0 Å². The minimum atomic E-state index is -0.816. The van der Waals surface area contributed by atoms with Crippen LogP contribution in [0.5, 0.6) is 0 Å². The summed E-state index contributed by atoms with van der Waals surface area (Å²) in [5, 5.41) is 17.3. The molecule has 0 saturated heterocycles. The summed E-state index contributed by atoms with van der Waals surface area (Å²) >= 11 is 3.08. The van der Waals surface area contributed by atoms with Crippen molar-refractivity contribution in [3.8, 4) is 0 Å². The molecule has 0 radical (unpaired) electrons. The number of aliphatic hydroxyl groups excluding tert-OH is 1. The number of aromatic nitrogens is 1. The molecular formula is C10H15NO3S2. The molecule has 0 aliphatic carbocycles. The van der Waals surface area contributed by atoms with Gasteiger partial charge in [0.1, 0.15) is 4.34 Å². The summed E-state index contributed by atoms with van der Waals surface area (Å²) in [6.45, 7) is 2.06. The minimum Gasteiger partial charge on any atom is -0.481 e. The Bertz CT molecular complexity index is 352. The molecule has 0 fully saturated rings. The van der Waals surface area contributed by atoms with E-state index < -0.39 is 5.97 Å². The van der Waals surface area contributed by atoms with Gasteiger partial charge in [-0.05, 0) is 19.8 Å². The Morgan fingerprint density at radius 2 is 2.25 bits per heavy atom. The average molecular weight is 261 g/mol. The van der Waals surface area contributed by atoms with Crippen molar-refractivity contribution in [2.24, 2.45) is 0 Å². The zero-order valence-corrected chi connectivity index (χ0v) is 10.7. The van der Waals surface area contributed by atoms with Gasteiger partial charge in [0.15, 0.2) is 0 Å². The monoisotopic (exact) mass is 261 g/mol. The minimum absolute atomic E-state index is 0.0562. The largest absolute Gasteiger partial charge is 0.481 e. The molecule has 0 spiro atoms. The molecule has 1 rings (SSSR count). The zero-order valence-electron chi connectivity index (χ0n) is 9.10. The molecule has 2 N–H and O–H groups in total. The Hall–Kier alpha value is -0.590. The van der Waals surface area contributed by atoms with Gasteiger partial charge in [0.05, 0.1) is 12.1 Å². The first kappa shape index (κ1) is 13.5. The summed E-state index contributed by atoms with van der Waals surface area (Å²) < 4.78 is 0.923. The first-order chi connectivity index (χ1) is 7.63. The van der Waals surface area contributed by atoms with E-state index >= 15 is 0 Å². The van der Waals surface area contributed by atoms with Gasteiger partial charge in [-0.2, -0.15) is 0 Å². The molecule has 0 aliphatic heterocycles. The fourth-order valence-electron chi connectivity index (χ4n) is 1.14. The molecule has 0 aromatic carbocycles. The first-order valence-electron chi connectivity index (χ1n) is 5.05. The number of thiazole rings is 1. The number of carboxylic acid groups (broad SMARTS) is 1. The summed E-state index contributed by atoms with van der Waals surface area (Å²) in [5.74, 6) is 0.101. The topological polar surface area (TPSA) is 70.4 Å². The van der Waals surface area contributed by atoms with Crippen molar-refractivity contribution in [2.75, 3.05) is 12.4 Å². The lowest BCUT2D eigenvalue weighted by Gasteiger charge is -1.95. The SMILES string of the molecule is Cc1nc(SCCCCO)sc1CC(=O)O. The third kappa shape index (κ3) is 4.51. The van der Waals surface area contributed by atoms with Gasteiger partial charge in [-0.15, -0.1) is 11.3 Å². The lowest BCUT2D eigenvalue weighted by Crippen LogP contribution is -1.99. The number of aryl methyl sites for hydroxylation is 1. The number of thioether (sulfide) groups is 1. The maximum Gasteiger partial charge on any atom is 0.308 e. The fraction of sp³-hybridized carbons (Fsp3) is 0.600. The Balaban J connectivity index is 2.45. The van der Waals surface area contributed by atoms with E-state index in [1.54, 1.807) is 11.8 Å². The van der Waals surface area contributed by atoms with Gasteiger partial charge in [0.25, 0.3) is 0 Å². The van der Waals surface area contributed by atoms with Crippen molar-refractivity contribution in [2.45, 2.75) is 30.5 Å². The van der Waals surface area contributed by atoms with Crippen LogP contribution in [0.4, 0.5) is 0 Å². The summed E-state index contributed by atoms with van der Waals surface area (Å²) in [7, 11) is 0. The third-order valence-corrected chi connectivity index (χ3v) is 4.35. The summed E-state index contributed by atoms with van der Waals surface area (Å²) in [6, 6.07) is 0. The maximum atomic E-state index is 10.6. The molecule has 0 atom stereocenters. The highest BCUT2D eigenvalue weighted by molar-refractivity contribution is 8.01. The molecule has 1 aromatic heterocycles. The highest BCUT2D eigenvalue weighted by Crippen LogP contribution is 2.28. The quantitative estimate of drug-likeness (QED) is 0.580. The van der Waals surface area contributed by atoms with Crippen LogP contribution >= 0.6 is 23.1 Å². The second-order valence-corrected chi connectivity index (χ2v) is 5.76. The Morgan fingerprint density at radius 3 is 2.88 bits per heavy atom. The molecule has 1 aromatic rings. The number of rotatable bonds is 7.